The molecule has 13 heavy (non-hydrogen) atoms. The van der Waals surface area contributed by atoms with Gasteiger partial charge >= 0.3 is 0 Å². The third kappa shape index (κ3) is 1.28. The van der Waals surface area contributed by atoms with E-state index in [1.807, 2.05) is 37.3 Å². The highest BCUT2D eigenvalue weighted by Gasteiger charge is 2.01. The van der Waals surface area contributed by atoms with E-state index >= 15 is 0 Å². The van der Waals surface area contributed by atoms with Crippen LogP contribution in [-0.2, 0) is 0 Å². The monoisotopic (exact) mass is 173 g/mol. The van der Waals surface area contributed by atoms with Gasteiger partial charge < -0.3 is 5.73 Å². The van der Waals surface area contributed by atoms with E-state index in [0.29, 0.717) is 0 Å². The molecule has 3 nitrogen and oxygen atoms in total. The topological polar surface area (TPSA) is 54.7 Å². The van der Waals surface area contributed by atoms with Gasteiger partial charge in [0.05, 0.1) is 11.2 Å². The summed E-state index contributed by atoms with van der Waals surface area (Å²) in [6.07, 6.45) is 3.91. The molecule has 0 amide bonds. The molecule has 0 aliphatic carbocycles. The van der Waals surface area contributed by atoms with Crippen molar-refractivity contribution in [3.05, 3.63) is 30.0 Å². The Bertz CT molecular complexity index is 454. The minimum atomic E-state index is 0.764. The van der Waals surface area contributed by atoms with Crippen molar-refractivity contribution in [3.63, 3.8) is 0 Å². The molecule has 0 saturated carbocycles. The highest BCUT2D eigenvalue weighted by Crippen LogP contribution is 2.19. The van der Waals surface area contributed by atoms with Crippen molar-refractivity contribution < 1.29 is 0 Å². The molecule has 0 fully saturated rings. The van der Waals surface area contributed by atoms with Crippen LogP contribution in [0.15, 0.2) is 24.3 Å². The van der Waals surface area contributed by atoms with Crippen LogP contribution in [0.4, 0.5) is 5.69 Å². The molecule has 0 unspecified atom stereocenters. The number of aromatic amines is 1. The number of benzene rings is 1. The molecule has 0 aliphatic rings. The zero-order valence-corrected chi connectivity index (χ0v) is 7.41. The van der Waals surface area contributed by atoms with Gasteiger partial charge in [-0.05, 0) is 31.2 Å². The molecule has 0 bridgehead atoms. The molecule has 0 aliphatic heterocycles. The fourth-order valence-electron chi connectivity index (χ4n) is 1.34. The lowest BCUT2D eigenvalue weighted by Crippen LogP contribution is -1.82. The summed E-state index contributed by atoms with van der Waals surface area (Å²) >= 11 is 0. The van der Waals surface area contributed by atoms with Gasteiger partial charge in [0.15, 0.2) is 0 Å². The third-order valence-corrected chi connectivity index (χ3v) is 1.94. The Balaban J connectivity index is 2.71. The summed E-state index contributed by atoms with van der Waals surface area (Å²) in [6, 6.07) is 5.72. The number of allylic oxidation sites excluding steroid dienone is 1. The minimum absolute atomic E-state index is 0.764. The van der Waals surface area contributed by atoms with E-state index in [9.17, 15) is 0 Å². The number of nitrogens with two attached hydrogens (primary N) is 1. The first-order valence-electron chi connectivity index (χ1n) is 4.17. The van der Waals surface area contributed by atoms with E-state index in [1.165, 1.54) is 0 Å². The summed E-state index contributed by atoms with van der Waals surface area (Å²) in [6.45, 7) is 1.97. The Kier molecular flexibility index (Phi) is 1.77. The van der Waals surface area contributed by atoms with Crippen LogP contribution in [0.5, 0.6) is 0 Å². The van der Waals surface area contributed by atoms with Crippen molar-refractivity contribution in [1.29, 1.82) is 0 Å². The van der Waals surface area contributed by atoms with E-state index in [4.69, 9.17) is 5.73 Å². The van der Waals surface area contributed by atoms with Gasteiger partial charge in [0, 0.05) is 11.1 Å². The van der Waals surface area contributed by atoms with E-state index in [2.05, 4.69) is 10.2 Å². The maximum absolute atomic E-state index is 5.68. The number of H-pyrrole nitrogens is 1. The molecule has 0 atom stereocenters. The highest BCUT2D eigenvalue weighted by atomic mass is 15.1. The number of hydrogen-bond donors (Lipinski definition) is 2. The number of aromatic nitrogens is 2. The van der Waals surface area contributed by atoms with Gasteiger partial charge in [0.2, 0.25) is 0 Å². The fraction of sp³-hybridized carbons (Fsp3) is 0.100. The van der Waals surface area contributed by atoms with Gasteiger partial charge in [-0.15, -0.1) is 0 Å². The molecule has 0 spiro atoms. The van der Waals surface area contributed by atoms with Crippen LogP contribution >= 0.6 is 0 Å². The largest absolute Gasteiger partial charge is 0.399 e. The van der Waals surface area contributed by atoms with Crippen LogP contribution in [0.2, 0.25) is 0 Å². The quantitative estimate of drug-likeness (QED) is 0.649. The zero-order chi connectivity index (χ0) is 9.26. The Morgan fingerprint density at radius 2 is 2.31 bits per heavy atom. The van der Waals surface area contributed by atoms with Gasteiger partial charge in [-0.25, -0.2) is 0 Å². The second kappa shape index (κ2) is 2.94. The van der Waals surface area contributed by atoms with E-state index in [-0.39, 0.29) is 0 Å². The summed E-state index contributed by atoms with van der Waals surface area (Å²) in [7, 11) is 0. The molecule has 3 N–H and O–H groups in total. The normalized spacial score (nSPS) is 11.5. The molecule has 3 heteroatoms. The van der Waals surface area contributed by atoms with Crippen molar-refractivity contribution in [2.24, 2.45) is 0 Å². The number of nitrogens with zero attached hydrogens (tertiary/aromatic N) is 1. The van der Waals surface area contributed by atoms with Crippen molar-refractivity contribution in [3.8, 4) is 0 Å². The van der Waals surface area contributed by atoms with Crippen molar-refractivity contribution in [2.45, 2.75) is 6.92 Å². The molecule has 1 heterocycles. The first-order chi connectivity index (χ1) is 6.31. The van der Waals surface area contributed by atoms with Gasteiger partial charge in [-0.2, -0.15) is 5.10 Å². The van der Waals surface area contributed by atoms with Gasteiger partial charge in [0.1, 0.15) is 0 Å². The van der Waals surface area contributed by atoms with Gasteiger partial charge in [0.25, 0.3) is 0 Å². The average molecular weight is 173 g/mol. The van der Waals surface area contributed by atoms with Crippen molar-refractivity contribution in [1.82, 2.24) is 10.2 Å². The van der Waals surface area contributed by atoms with Gasteiger partial charge in [-0.1, -0.05) is 6.08 Å². The number of nitrogens with one attached hydrogen (secondary N) is 1. The fourth-order valence-corrected chi connectivity index (χ4v) is 1.34. The molecule has 2 aromatic rings. The molecule has 1 aromatic heterocycles. The first kappa shape index (κ1) is 7.86. The Morgan fingerprint density at radius 1 is 1.46 bits per heavy atom. The lowest BCUT2D eigenvalue weighted by Gasteiger charge is -1.92. The number of anilines is 1. The lowest BCUT2D eigenvalue weighted by molar-refractivity contribution is 1.11. The smallest absolute Gasteiger partial charge is 0.0924 e. The van der Waals surface area contributed by atoms with Crippen molar-refractivity contribution in [2.75, 3.05) is 5.73 Å². The third-order valence-electron chi connectivity index (χ3n) is 1.94. The second-order valence-corrected chi connectivity index (χ2v) is 2.91. The first-order valence-corrected chi connectivity index (χ1v) is 4.17. The predicted molar refractivity (Wildman–Crippen MR) is 55.2 cm³/mol. The zero-order valence-electron chi connectivity index (χ0n) is 7.41. The molecule has 0 radical (unpaired) electrons. The molecule has 66 valence electrons. The Morgan fingerprint density at radius 3 is 3.08 bits per heavy atom. The molecule has 0 saturated heterocycles. The number of nitrogen functional groups attached to an aromatic ring is 1. The molecular weight excluding hydrogens is 162 g/mol. The van der Waals surface area contributed by atoms with Crippen LogP contribution in [0.3, 0.4) is 0 Å². The molecule has 1 aromatic carbocycles. The predicted octanol–water partition coefficient (Wildman–Crippen LogP) is 2.18. The van der Waals surface area contributed by atoms with Crippen molar-refractivity contribution >= 4 is 22.7 Å². The summed E-state index contributed by atoms with van der Waals surface area (Å²) in [5.41, 5.74) is 8.40. The second-order valence-electron chi connectivity index (χ2n) is 2.91. The van der Waals surface area contributed by atoms with E-state index in [0.717, 1.165) is 22.3 Å². The van der Waals surface area contributed by atoms with Crippen LogP contribution in [-0.4, -0.2) is 10.2 Å². The summed E-state index contributed by atoms with van der Waals surface area (Å²) in [4.78, 5) is 0. The lowest BCUT2D eigenvalue weighted by atomic mass is 10.2. The van der Waals surface area contributed by atoms with Crippen LogP contribution in [0, 0.1) is 0 Å². The summed E-state index contributed by atoms with van der Waals surface area (Å²) in [5.74, 6) is 0. The SMILES string of the molecule is C/C=C/c1n[nH]c2ccc(N)cc12. The minimum Gasteiger partial charge on any atom is -0.399 e. The summed E-state index contributed by atoms with van der Waals surface area (Å²) in [5, 5.41) is 8.17. The summed E-state index contributed by atoms with van der Waals surface area (Å²) < 4.78 is 0. The number of fused-ring (bicyclic) bond motifs is 1. The van der Waals surface area contributed by atoms with Crippen LogP contribution in [0.1, 0.15) is 12.6 Å². The molecular formula is C10H11N3. The average Bonchev–Trinajstić information content (AvgIpc) is 2.49. The van der Waals surface area contributed by atoms with E-state index in [1.54, 1.807) is 0 Å². The molecule has 2 rings (SSSR count). The Labute approximate surface area is 76.3 Å². The van der Waals surface area contributed by atoms with Gasteiger partial charge in [-0.3, -0.25) is 5.10 Å². The highest BCUT2D eigenvalue weighted by molar-refractivity contribution is 5.88. The standard InChI is InChI=1S/C10H11N3/c1-2-3-9-8-6-7(11)4-5-10(8)13-12-9/h2-6H,11H2,1H3,(H,12,13)/b3-2+. The van der Waals surface area contributed by atoms with E-state index < -0.39 is 0 Å². The maximum Gasteiger partial charge on any atom is 0.0924 e. The Hall–Kier alpha value is -1.77. The maximum atomic E-state index is 5.68. The number of hydrogen-bond acceptors (Lipinski definition) is 2. The van der Waals surface area contributed by atoms with Crippen LogP contribution in [0.25, 0.3) is 17.0 Å². The number of rotatable bonds is 1. The van der Waals surface area contributed by atoms with Crippen LogP contribution < -0.4 is 5.73 Å².